The molecule has 1 aromatic carbocycles. The van der Waals surface area contributed by atoms with Gasteiger partial charge in [0.15, 0.2) is 5.82 Å². The standard InChI is InChI=1S/C11H11Cl2N3O/c1-5(2)10-15-11(17-16-10)8-6(12)3-4-7(13)9(8)14/h3-5H,14H2,1-2H3. The molecule has 0 aliphatic heterocycles. The van der Waals surface area contributed by atoms with Crippen molar-refractivity contribution < 1.29 is 4.52 Å². The van der Waals surface area contributed by atoms with Gasteiger partial charge in [-0.2, -0.15) is 4.98 Å². The first-order chi connectivity index (χ1) is 8.00. The van der Waals surface area contributed by atoms with Crippen LogP contribution in [-0.4, -0.2) is 10.1 Å². The molecular formula is C11H11Cl2N3O. The lowest BCUT2D eigenvalue weighted by atomic mass is 10.1. The Morgan fingerprint density at radius 1 is 1.24 bits per heavy atom. The Morgan fingerprint density at radius 3 is 2.47 bits per heavy atom. The van der Waals surface area contributed by atoms with Gasteiger partial charge in [0.2, 0.25) is 0 Å². The summed E-state index contributed by atoms with van der Waals surface area (Å²) >= 11 is 12.0. The molecule has 2 N–H and O–H groups in total. The van der Waals surface area contributed by atoms with Crippen molar-refractivity contribution in [3.8, 4) is 11.5 Å². The van der Waals surface area contributed by atoms with Gasteiger partial charge in [-0.3, -0.25) is 0 Å². The Hall–Kier alpha value is -1.26. The maximum atomic E-state index is 6.06. The summed E-state index contributed by atoms with van der Waals surface area (Å²) in [5.41, 5.74) is 6.69. The predicted octanol–water partition coefficient (Wildman–Crippen LogP) is 3.75. The number of nitrogens with zero attached hydrogens (tertiary/aromatic N) is 2. The van der Waals surface area contributed by atoms with E-state index in [4.69, 9.17) is 33.5 Å². The van der Waals surface area contributed by atoms with Crippen molar-refractivity contribution in [2.24, 2.45) is 0 Å². The highest BCUT2D eigenvalue weighted by molar-refractivity contribution is 6.37. The molecular weight excluding hydrogens is 261 g/mol. The van der Waals surface area contributed by atoms with Crippen molar-refractivity contribution in [3.63, 3.8) is 0 Å². The van der Waals surface area contributed by atoms with Crippen LogP contribution in [0.25, 0.3) is 11.5 Å². The van der Waals surface area contributed by atoms with Gasteiger partial charge >= 0.3 is 0 Å². The lowest BCUT2D eigenvalue weighted by Crippen LogP contribution is -1.94. The van der Waals surface area contributed by atoms with Crippen LogP contribution in [0, 0.1) is 0 Å². The Morgan fingerprint density at radius 2 is 1.88 bits per heavy atom. The third kappa shape index (κ3) is 2.23. The second kappa shape index (κ2) is 4.55. The van der Waals surface area contributed by atoms with Crippen molar-refractivity contribution in [2.45, 2.75) is 19.8 Å². The Labute approximate surface area is 109 Å². The van der Waals surface area contributed by atoms with E-state index in [2.05, 4.69) is 10.1 Å². The molecule has 90 valence electrons. The lowest BCUT2D eigenvalue weighted by Gasteiger charge is -2.04. The topological polar surface area (TPSA) is 64.9 Å². The fraction of sp³-hybridized carbons (Fsp3) is 0.273. The molecule has 0 aliphatic rings. The summed E-state index contributed by atoms with van der Waals surface area (Å²) in [7, 11) is 0. The van der Waals surface area contributed by atoms with Gasteiger partial charge in [-0.1, -0.05) is 42.2 Å². The lowest BCUT2D eigenvalue weighted by molar-refractivity contribution is 0.419. The summed E-state index contributed by atoms with van der Waals surface area (Å²) in [6.45, 7) is 3.94. The number of aromatic nitrogens is 2. The van der Waals surface area contributed by atoms with Crippen molar-refractivity contribution >= 4 is 28.9 Å². The van der Waals surface area contributed by atoms with Crippen LogP contribution in [0.2, 0.25) is 10.0 Å². The molecule has 0 bridgehead atoms. The molecule has 2 rings (SSSR count). The van der Waals surface area contributed by atoms with Crippen molar-refractivity contribution in [3.05, 3.63) is 28.0 Å². The summed E-state index contributed by atoms with van der Waals surface area (Å²) in [6, 6.07) is 3.28. The molecule has 0 unspecified atom stereocenters. The molecule has 0 atom stereocenters. The van der Waals surface area contributed by atoms with Crippen molar-refractivity contribution in [2.75, 3.05) is 5.73 Å². The summed E-state index contributed by atoms with van der Waals surface area (Å²) < 4.78 is 5.14. The van der Waals surface area contributed by atoms with Crippen LogP contribution in [-0.2, 0) is 0 Å². The zero-order valence-corrected chi connectivity index (χ0v) is 10.9. The number of anilines is 1. The number of rotatable bonds is 2. The fourth-order valence-corrected chi connectivity index (χ4v) is 1.76. The molecule has 0 spiro atoms. The average Bonchev–Trinajstić information content (AvgIpc) is 2.73. The third-order valence-corrected chi connectivity index (χ3v) is 2.96. The molecule has 6 heteroatoms. The van der Waals surface area contributed by atoms with Crippen molar-refractivity contribution in [1.82, 2.24) is 10.1 Å². The highest BCUT2D eigenvalue weighted by Crippen LogP contribution is 2.36. The van der Waals surface area contributed by atoms with E-state index in [-0.39, 0.29) is 5.92 Å². The molecule has 0 saturated heterocycles. The van der Waals surface area contributed by atoms with Gasteiger partial charge in [-0.05, 0) is 12.1 Å². The number of hydrogen-bond donors (Lipinski definition) is 1. The Bertz CT molecular complexity index is 552. The van der Waals surface area contributed by atoms with E-state index in [0.29, 0.717) is 33.0 Å². The highest BCUT2D eigenvalue weighted by atomic mass is 35.5. The molecule has 17 heavy (non-hydrogen) atoms. The minimum Gasteiger partial charge on any atom is -0.397 e. The molecule has 1 aromatic heterocycles. The molecule has 0 saturated carbocycles. The molecule has 0 fully saturated rings. The average molecular weight is 272 g/mol. The quantitative estimate of drug-likeness (QED) is 0.845. The van der Waals surface area contributed by atoms with Crippen molar-refractivity contribution in [1.29, 1.82) is 0 Å². The molecule has 1 heterocycles. The zero-order chi connectivity index (χ0) is 12.6. The molecule has 0 amide bonds. The molecule has 2 aromatic rings. The third-order valence-electron chi connectivity index (χ3n) is 2.31. The van der Waals surface area contributed by atoms with Crippen LogP contribution in [0.3, 0.4) is 0 Å². The van der Waals surface area contributed by atoms with E-state index in [9.17, 15) is 0 Å². The summed E-state index contributed by atoms with van der Waals surface area (Å²) in [4.78, 5) is 4.24. The SMILES string of the molecule is CC(C)c1noc(-c2c(Cl)ccc(Cl)c2N)n1. The van der Waals surface area contributed by atoms with Gasteiger partial charge in [0.05, 0.1) is 21.3 Å². The second-order valence-electron chi connectivity index (χ2n) is 3.93. The molecule has 0 radical (unpaired) electrons. The summed E-state index contributed by atoms with van der Waals surface area (Å²) in [5.74, 6) is 1.07. The van der Waals surface area contributed by atoms with E-state index in [0.717, 1.165) is 0 Å². The highest BCUT2D eigenvalue weighted by Gasteiger charge is 2.18. The predicted molar refractivity (Wildman–Crippen MR) is 68.3 cm³/mol. The second-order valence-corrected chi connectivity index (χ2v) is 4.74. The zero-order valence-electron chi connectivity index (χ0n) is 9.37. The maximum absolute atomic E-state index is 6.06. The minimum absolute atomic E-state index is 0.173. The van der Waals surface area contributed by atoms with Crippen LogP contribution >= 0.6 is 23.2 Å². The number of hydrogen-bond acceptors (Lipinski definition) is 4. The Balaban J connectivity index is 2.56. The van der Waals surface area contributed by atoms with Gasteiger partial charge < -0.3 is 10.3 Å². The minimum atomic E-state index is 0.173. The normalized spacial score (nSPS) is 11.1. The molecule has 4 nitrogen and oxygen atoms in total. The number of nitrogen functional groups attached to an aromatic ring is 1. The van der Waals surface area contributed by atoms with Gasteiger partial charge in [0.1, 0.15) is 0 Å². The van der Waals surface area contributed by atoms with Crippen LogP contribution < -0.4 is 5.73 Å². The summed E-state index contributed by atoms with van der Waals surface area (Å²) in [5, 5.41) is 4.71. The number of nitrogens with two attached hydrogens (primary N) is 1. The first-order valence-electron chi connectivity index (χ1n) is 5.08. The van der Waals surface area contributed by atoms with Gasteiger partial charge in [0.25, 0.3) is 5.89 Å². The fourth-order valence-electron chi connectivity index (χ4n) is 1.36. The van der Waals surface area contributed by atoms with E-state index < -0.39 is 0 Å². The first kappa shape index (κ1) is 12.2. The van der Waals surface area contributed by atoms with E-state index in [1.54, 1.807) is 12.1 Å². The molecule has 0 aliphatic carbocycles. The van der Waals surface area contributed by atoms with E-state index in [1.807, 2.05) is 13.8 Å². The van der Waals surface area contributed by atoms with Crippen LogP contribution in [0.1, 0.15) is 25.6 Å². The monoisotopic (exact) mass is 271 g/mol. The Kier molecular flexibility index (Phi) is 3.26. The van der Waals surface area contributed by atoms with Crippen LogP contribution in [0.5, 0.6) is 0 Å². The van der Waals surface area contributed by atoms with Gasteiger partial charge in [0, 0.05) is 5.92 Å². The summed E-state index contributed by atoms with van der Waals surface area (Å²) in [6.07, 6.45) is 0. The van der Waals surface area contributed by atoms with Gasteiger partial charge in [-0.15, -0.1) is 0 Å². The van der Waals surface area contributed by atoms with Crippen LogP contribution in [0.15, 0.2) is 16.7 Å². The smallest absolute Gasteiger partial charge is 0.261 e. The van der Waals surface area contributed by atoms with E-state index in [1.165, 1.54) is 0 Å². The number of halogens is 2. The van der Waals surface area contributed by atoms with Gasteiger partial charge in [-0.25, -0.2) is 0 Å². The number of benzene rings is 1. The van der Waals surface area contributed by atoms with Crippen LogP contribution in [0.4, 0.5) is 5.69 Å². The first-order valence-corrected chi connectivity index (χ1v) is 5.83. The maximum Gasteiger partial charge on any atom is 0.261 e. The largest absolute Gasteiger partial charge is 0.397 e. The van der Waals surface area contributed by atoms with E-state index >= 15 is 0 Å².